The van der Waals surface area contributed by atoms with E-state index in [9.17, 15) is 0 Å². The van der Waals surface area contributed by atoms with Crippen LogP contribution in [-0.2, 0) is 4.43 Å². The van der Waals surface area contributed by atoms with Crippen LogP contribution >= 0.6 is 0 Å². The Hall–Kier alpha value is -0.913. The second-order valence-electron chi connectivity index (χ2n) is 10.6. The molecule has 28 heavy (non-hydrogen) atoms. The molecule has 0 radical (unpaired) electrons. The average Bonchev–Trinajstić information content (AvgIpc) is 2.67. The van der Waals surface area contributed by atoms with Crippen molar-refractivity contribution >= 4 is 14.1 Å². The summed E-state index contributed by atoms with van der Waals surface area (Å²) in [5.74, 6) is 2.04. The van der Waals surface area contributed by atoms with Crippen LogP contribution in [0.15, 0.2) is 18.3 Å². The lowest BCUT2D eigenvalue weighted by molar-refractivity contribution is 0.0922. The van der Waals surface area contributed by atoms with Gasteiger partial charge in [-0.25, -0.2) is 4.98 Å². The zero-order valence-corrected chi connectivity index (χ0v) is 19.7. The van der Waals surface area contributed by atoms with Crippen molar-refractivity contribution in [2.24, 2.45) is 5.92 Å². The lowest BCUT2D eigenvalue weighted by Crippen LogP contribution is -2.44. The second kappa shape index (κ2) is 8.84. The summed E-state index contributed by atoms with van der Waals surface area (Å²) in [5, 5.41) is 0.314. The van der Waals surface area contributed by atoms with E-state index in [4.69, 9.17) is 10.2 Å². The molecule has 1 aromatic heterocycles. The highest BCUT2D eigenvalue weighted by atomic mass is 28.4. The Kier molecular flexibility index (Phi) is 6.88. The summed E-state index contributed by atoms with van der Waals surface area (Å²) in [7, 11) is -1.61. The Labute approximate surface area is 173 Å². The number of likely N-dealkylation sites (tertiary alicyclic amines) is 1. The van der Waals surface area contributed by atoms with Crippen molar-refractivity contribution in [3.8, 4) is 0 Å². The van der Waals surface area contributed by atoms with Crippen LogP contribution in [-0.4, -0.2) is 43.9 Å². The van der Waals surface area contributed by atoms with Gasteiger partial charge in [0, 0.05) is 18.8 Å². The highest BCUT2D eigenvalue weighted by Gasteiger charge is 2.38. The van der Waals surface area contributed by atoms with Gasteiger partial charge in [-0.1, -0.05) is 26.8 Å². The van der Waals surface area contributed by atoms with Crippen LogP contribution in [0.2, 0.25) is 18.1 Å². The van der Waals surface area contributed by atoms with Crippen molar-refractivity contribution in [1.29, 1.82) is 0 Å². The Balaban J connectivity index is 1.40. The minimum absolute atomic E-state index is 0.314. The van der Waals surface area contributed by atoms with E-state index < -0.39 is 8.32 Å². The standard InChI is InChI=1S/C23H41N3OSi/c1-23(2,3)28(4,5)27-17-18-6-9-21(10-7-18)26-14-12-19(13-15-26)20-8-11-22(24)25-16-20/h8,11,16,18-19,21H,6-7,9-10,12-15,17H2,1-5H3,(H2,24,25). The molecule has 4 nitrogen and oxygen atoms in total. The van der Waals surface area contributed by atoms with E-state index in [0.29, 0.717) is 16.8 Å². The normalized spacial score (nSPS) is 25.8. The van der Waals surface area contributed by atoms with Gasteiger partial charge in [0.1, 0.15) is 5.82 Å². The maximum Gasteiger partial charge on any atom is 0.191 e. The molecular formula is C23H41N3OSi. The van der Waals surface area contributed by atoms with Crippen molar-refractivity contribution < 1.29 is 4.43 Å². The van der Waals surface area contributed by atoms with Crippen LogP contribution in [0.25, 0.3) is 0 Å². The lowest BCUT2D eigenvalue weighted by Gasteiger charge is -2.42. The summed E-state index contributed by atoms with van der Waals surface area (Å²) in [6, 6.07) is 4.89. The fourth-order valence-electron chi connectivity index (χ4n) is 4.48. The van der Waals surface area contributed by atoms with Crippen molar-refractivity contribution in [2.45, 2.75) is 89.4 Å². The summed E-state index contributed by atoms with van der Waals surface area (Å²) in [4.78, 5) is 7.03. The van der Waals surface area contributed by atoms with Crippen LogP contribution < -0.4 is 5.73 Å². The van der Waals surface area contributed by atoms with Crippen LogP contribution in [0, 0.1) is 5.92 Å². The monoisotopic (exact) mass is 403 g/mol. The topological polar surface area (TPSA) is 51.4 Å². The fourth-order valence-corrected chi connectivity index (χ4v) is 5.56. The second-order valence-corrected chi connectivity index (χ2v) is 15.4. The van der Waals surface area contributed by atoms with E-state index in [1.165, 1.54) is 57.2 Å². The van der Waals surface area contributed by atoms with Crippen LogP contribution in [0.4, 0.5) is 5.82 Å². The predicted octanol–water partition coefficient (Wildman–Crippen LogP) is 5.42. The number of aromatic nitrogens is 1. The van der Waals surface area contributed by atoms with Crippen molar-refractivity contribution in [2.75, 3.05) is 25.4 Å². The summed E-state index contributed by atoms with van der Waals surface area (Å²) in [6.45, 7) is 15.2. The highest BCUT2D eigenvalue weighted by Crippen LogP contribution is 2.38. The first kappa shape index (κ1) is 21.8. The molecule has 1 saturated carbocycles. The van der Waals surface area contributed by atoms with E-state index >= 15 is 0 Å². The molecule has 1 aliphatic heterocycles. The molecule has 0 aromatic carbocycles. The summed E-state index contributed by atoms with van der Waals surface area (Å²) < 4.78 is 6.50. The molecular weight excluding hydrogens is 362 g/mol. The molecule has 0 atom stereocenters. The average molecular weight is 404 g/mol. The largest absolute Gasteiger partial charge is 0.417 e. The maximum atomic E-state index is 6.50. The molecule has 1 saturated heterocycles. The van der Waals surface area contributed by atoms with E-state index in [0.717, 1.165) is 18.6 Å². The number of piperidine rings is 1. The van der Waals surface area contributed by atoms with Crippen molar-refractivity contribution in [3.05, 3.63) is 23.9 Å². The van der Waals surface area contributed by atoms with E-state index in [-0.39, 0.29) is 0 Å². The first-order valence-corrected chi connectivity index (χ1v) is 14.2. The third-order valence-electron chi connectivity index (χ3n) is 7.63. The van der Waals surface area contributed by atoms with Crippen LogP contribution in [0.3, 0.4) is 0 Å². The Morgan fingerprint density at radius 3 is 2.25 bits per heavy atom. The first-order chi connectivity index (χ1) is 13.2. The third-order valence-corrected chi connectivity index (χ3v) is 12.1. The molecule has 0 unspecified atom stereocenters. The van der Waals surface area contributed by atoms with Gasteiger partial charge >= 0.3 is 0 Å². The fraction of sp³-hybridized carbons (Fsp3) is 0.783. The van der Waals surface area contributed by atoms with Gasteiger partial charge in [0.15, 0.2) is 8.32 Å². The van der Waals surface area contributed by atoms with Crippen molar-refractivity contribution in [3.63, 3.8) is 0 Å². The Morgan fingerprint density at radius 1 is 1.07 bits per heavy atom. The highest BCUT2D eigenvalue weighted by molar-refractivity contribution is 6.74. The smallest absolute Gasteiger partial charge is 0.191 e. The van der Waals surface area contributed by atoms with Crippen LogP contribution in [0.5, 0.6) is 0 Å². The number of hydrogen-bond acceptors (Lipinski definition) is 4. The van der Waals surface area contributed by atoms with E-state index in [1.54, 1.807) is 0 Å². The molecule has 3 rings (SSSR count). The summed E-state index contributed by atoms with van der Waals surface area (Å²) >= 11 is 0. The van der Waals surface area contributed by atoms with Gasteiger partial charge in [-0.05, 0) is 93.2 Å². The molecule has 5 heteroatoms. The minimum atomic E-state index is -1.61. The summed E-state index contributed by atoms with van der Waals surface area (Å²) in [5.41, 5.74) is 7.09. The first-order valence-electron chi connectivity index (χ1n) is 11.2. The van der Waals surface area contributed by atoms with Gasteiger partial charge < -0.3 is 15.1 Å². The molecule has 1 aromatic rings. The minimum Gasteiger partial charge on any atom is -0.417 e. The number of hydrogen-bond donors (Lipinski definition) is 1. The number of anilines is 1. The zero-order valence-electron chi connectivity index (χ0n) is 18.7. The van der Waals surface area contributed by atoms with Gasteiger partial charge in [0.05, 0.1) is 0 Å². The Bertz CT molecular complexity index is 610. The molecule has 2 aliphatic rings. The molecule has 2 N–H and O–H groups in total. The maximum absolute atomic E-state index is 6.50. The van der Waals surface area contributed by atoms with Gasteiger partial charge in [0.2, 0.25) is 0 Å². The molecule has 1 aliphatic carbocycles. The van der Waals surface area contributed by atoms with E-state index in [1.807, 2.05) is 12.3 Å². The lowest BCUT2D eigenvalue weighted by atomic mass is 9.83. The molecule has 158 valence electrons. The third kappa shape index (κ3) is 5.36. The van der Waals surface area contributed by atoms with Gasteiger partial charge in [-0.15, -0.1) is 0 Å². The van der Waals surface area contributed by atoms with Crippen molar-refractivity contribution in [1.82, 2.24) is 9.88 Å². The van der Waals surface area contributed by atoms with E-state index in [2.05, 4.69) is 49.8 Å². The Morgan fingerprint density at radius 2 is 1.71 bits per heavy atom. The van der Waals surface area contributed by atoms with Gasteiger partial charge in [-0.3, -0.25) is 0 Å². The zero-order chi connectivity index (χ0) is 20.4. The SMILES string of the molecule is CC(C)(C)[Si](C)(C)OCC1CCC(N2CCC(c3ccc(N)nc3)CC2)CC1. The molecule has 0 spiro atoms. The van der Waals surface area contributed by atoms with Gasteiger partial charge in [0.25, 0.3) is 0 Å². The molecule has 2 heterocycles. The van der Waals surface area contributed by atoms with Gasteiger partial charge in [-0.2, -0.15) is 0 Å². The number of nitrogens with zero attached hydrogens (tertiary/aromatic N) is 2. The number of nitrogen functional groups attached to an aromatic ring is 1. The number of nitrogens with two attached hydrogens (primary N) is 1. The number of pyridine rings is 1. The number of rotatable bonds is 5. The molecule has 2 fully saturated rings. The summed E-state index contributed by atoms with van der Waals surface area (Å²) in [6.07, 6.45) is 9.84. The quantitative estimate of drug-likeness (QED) is 0.667. The molecule has 0 amide bonds. The molecule has 0 bridgehead atoms. The van der Waals surface area contributed by atoms with Crippen LogP contribution in [0.1, 0.15) is 70.8 Å². The predicted molar refractivity (Wildman–Crippen MR) is 121 cm³/mol.